The number of carbonyl (C=O) groups excluding carboxylic acids is 2. The van der Waals surface area contributed by atoms with Gasteiger partial charge in [0.25, 0.3) is 11.5 Å². The van der Waals surface area contributed by atoms with E-state index in [0.29, 0.717) is 23.7 Å². The number of aromatic nitrogens is 3. The summed E-state index contributed by atoms with van der Waals surface area (Å²) in [5.74, 6) is -1.18. The van der Waals surface area contributed by atoms with Gasteiger partial charge in [-0.05, 0) is 56.7 Å². The van der Waals surface area contributed by atoms with E-state index in [0.717, 1.165) is 0 Å². The fourth-order valence-corrected chi connectivity index (χ4v) is 4.40. The van der Waals surface area contributed by atoms with Gasteiger partial charge in [-0.15, -0.1) is 0 Å². The highest BCUT2D eigenvalue weighted by Gasteiger charge is 2.22. The van der Waals surface area contributed by atoms with Crippen LogP contribution in [0.25, 0.3) is 16.7 Å². The third-order valence-electron chi connectivity index (χ3n) is 5.78. The van der Waals surface area contributed by atoms with Gasteiger partial charge in [-0.1, -0.05) is 29.3 Å². The first-order valence-electron chi connectivity index (χ1n) is 12.2. The molecular formula is C27H26Cl2N4O6. The smallest absolute Gasteiger partial charge is 0.341 e. The van der Waals surface area contributed by atoms with Crippen molar-refractivity contribution in [1.29, 1.82) is 0 Å². The van der Waals surface area contributed by atoms with E-state index in [-0.39, 0.29) is 51.6 Å². The summed E-state index contributed by atoms with van der Waals surface area (Å²) < 4.78 is 19.1. The van der Waals surface area contributed by atoms with Crippen LogP contribution in [0, 0.1) is 0 Å². The molecule has 1 unspecified atom stereocenters. The average molecular weight is 573 g/mol. The maximum absolute atomic E-state index is 13.4. The standard InChI is InChI=1S/C27H26Cl2N4O6/c1-4-38-27(36)19-15-18-23(30-22-8-5-6-11-32(22)26(18)35)33(12-7-13-37-3)24(19)31-25(34)16(2)39-21-10-9-17(28)14-20(21)29/h5-6,8-11,14-16H,4,7,12-13H2,1-3H3. The summed E-state index contributed by atoms with van der Waals surface area (Å²) in [5.41, 5.74) is 0.212. The lowest BCUT2D eigenvalue weighted by atomic mass is 10.2. The van der Waals surface area contributed by atoms with Crippen molar-refractivity contribution in [1.82, 2.24) is 14.0 Å². The molecule has 0 radical (unpaired) electrons. The van der Waals surface area contributed by atoms with Crippen LogP contribution in [0.1, 0.15) is 30.6 Å². The molecule has 0 aliphatic carbocycles. The number of halogens is 2. The van der Waals surface area contributed by atoms with Crippen molar-refractivity contribution in [3.8, 4) is 5.75 Å². The van der Waals surface area contributed by atoms with Crippen LogP contribution in [0.2, 0.25) is 10.0 Å². The molecule has 3 heterocycles. The Bertz CT molecular complexity index is 1680. The Labute approximate surface area is 233 Å². The van der Waals surface area contributed by atoms with Crippen molar-refractivity contribution in [2.45, 2.75) is 32.9 Å². The van der Waals surface area contributed by atoms with Gasteiger partial charge in [-0.3, -0.25) is 14.0 Å². The number of fused-ring (bicyclic) bond motifs is 2. The largest absolute Gasteiger partial charge is 0.479 e. The van der Waals surface area contributed by atoms with Crippen molar-refractivity contribution in [2.24, 2.45) is 4.99 Å². The molecule has 0 fully saturated rings. The maximum Gasteiger partial charge on any atom is 0.341 e. The predicted octanol–water partition coefficient (Wildman–Crippen LogP) is 4.06. The number of hydrogen-bond donors (Lipinski definition) is 0. The summed E-state index contributed by atoms with van der Waals surface area (Å²) in [6, 6.07) is 11.1. The Morgan fingerprint density at radius 1 is 1.15 bits per heavy atom. The SMILES string of the molecule is CCOC(=O)c1cc2c(=O)n3ccccc3nc2n(CCCOC)c1=NC(=O)C(C)Oc1ccc(Cl)cc1Cl. The minimum atomic E-state index is -1.07. The van der Waals surface area contributed by atoms with Crippen molar-refractivity contribution >= 4 is 51.8 Å². The van der Waals surface area contributed by atoms with Gasteiger partial charge in [-0.2, -0.15) is 4.99 Å². The molecule has 0 saturated carbocycles. The van der Waals surface area contributed by atoms with Crippen LogP contribution in [-0.2, 0) is 20.8 Å². The molecule has 0 bridgehead atoms. The van der Waals surface area contributed by atoms with Gasteiger partial charge >= 0.3 is 5.97 Å². The molecule has 0 saturated heterocycles. The van der Waals surface area contributed by atoms with E-state index in [4.69, 9.17) is 37.4 Å². The van der Waals surface area contributed by atoms with E-state index in [1.807, 2.05) is 0 Å². The number of carbonyl (C=O) groups is 2. The second-order valence-electron chi connectivity index (χ2n) is 8.47. The summed E-state index contributed by atoms with van der Waals surface area (Å²) in [6.45, 7) is 3.88. The normalized spacial score (nSPS) is 12.6. The molecule has 1 amide bonds. The van der Waals surface area contributed by atoms with Gasteiger partial charge in [0.15, 0.2) is 11.6 Å². The zero-order valence-corrected chi connectivity index (χ0v) is 23.0. The first-order valence-corrected chi connectivity index (χ1v) is 12.9. The van der Waals surface area contributed by atoms with Gasteiger partial charge in [0.1, 0.15) is 22.6 Å². The van der Waals surface area contributed by atoms with Crippen molar-refractivity contribution in [3.63, 3.8) is 0 Å². The summed E-state index contributed by atoms with van der Waals surface area (Å²) in [4.78, 5) is 48.7. The fourth-order valence-electron chi connectivity index (χ4n) is 3.94. The number of benzene rings is 1. The minimum absolute atomic E-state index is 0.00751. The summed E-state index contributed by atoms with van der Waals surface area (Å²) in [6.07, 6.45) is 1.00. The van der Waals surface area contributed by atoms with Gasteiger partial charge < -0.3 is 18.8 Å². The molecule has 3 aromatic heterocycles. The molecule has 4 rings (SSSR count). The van der Waals surface area contributed by atoms with Gasteiger partial charge in [0, 0.05) is 31.5 Å². The van der Waals surface area contributed by atoms with E-state index >= 15 is 0 Å². The van der Waals surface area contributed by atoms with Crippen molar-refractivity contribution in [3.05, 3.63) is 80.1 Å². The number of ether oxygens (including phenoxy) is 3. The molecule has 1 atom stereocenters. The molecule has 39 heavy (non-hydrogen) atoms. The van der Waals surface area contributed by atoms with Crippen molar-refractivity contribution < 1.29 is 23.8 Å². The molecule has 0 aliphatic rings. The second-order valence-corrected chi connectivity index (χ2v) is 9.31. The number of nitrogens with zero attached hydrogens (tertiary/aromatic N) is 4. The summed E-state index contributed by atoms with van der Waals surface area (Å²) in [7, 11) is 1.56. The van der Waals surface area contributed by atoms with Crippen LogP contribution in [0.5, 0.6) is 5.75 Å². The number of esters is 1. The van der Waals surface area contributed by atoms with Crippen LogP contribution in [0.4, 0.5) is 0 Å². The summed E-state index contributed by atoms with van der Waals surface area (Å²) in [5, 5.41) is 0.813. The van der Waals surface area contributed by atoms with Gasteiger partial charge in [-0.25, -0.2) is 9.78 Å². The second kappa shape index (κ2) is 12.4. The zero-order chi connectivity index (χ0) is 28.1. The Hall–Kier alpha value is -3.73. The predicted molar refractivity (Wildman–Crippen MR) is 147 cm³/mol. The number of amides is 1. The highest BCUT2D eigenvalue weighted by Crippen LogP contribution is 2.28. The molecular weight excluding hydrogens is 547 g/mol. The van der Waals surface area contributed by atoms with E-state index in [1.165, 1.54) is 23.5 Å². The average Bonchev–Trinajstić information content (AvgIpc) is 2.91. The molecule has 0 aliphatic heterocycles. The highest BCUT2D eigenvalue weighted by atomic mass is 35.5. The molecule has 10 nitrogen and oxygen atoms in total. The van der Waals surface area contributed by atoms with E-state index in [1.54, 1.807) is 55.1 Å². The monoisotopic (exact) mass is 572 g/mol. The number of aryl methyl sites for hydroxylation is 1. The first-order chi connectivity index (χ1) is 18.7. The topological polar surface area (TPSA) is 113 Å². The Morgan fingerprint density at radius 2 is 1.95 bits per heavy atom. The Morgan fingerprint density at radius 3 is 2.67 bits per heavy atom. The minimum Gasteiger partial charge on any atom is -0.479 e. The lowest BCUT2D eigenvalue weighted by Gasteiger charge is -2.16. The number of rotatable bonds is 9. The number of pyridine rings is 2. The lowest BCUT2D eigenvalue weighted by molar-refractivity contribution is -0.124. The quantitative estimate of drug-likeness (QED) is 0.169. The third-order valence-corrected chi connectivity index (χ3v) is 6.31. The van der Waals surface area contributed by atoms with E-state index < -0.39 is 18.0 Å². The van der Waals surface area contributed by atoms with Gasteiger partial charge in [0.05, 0.1) is 17.0 Å². The van der Waals surface area contributed by atoms with Crippen LogP contribution in [0.3, 0.4) is 0 Å². The molecule has 204 valence electrons. The molecule has 4 aromatic rings. The Balaban J connectivity index is 1.94. The van der Waals surface area contributed by atoms with Crippen LogP contribution >= 0.6 is 23.2 Å². The van der Waals surface area contributed by atoms with Gasteiger partial charge in [0.2, 0.25) is 0 Å². The molecule has 0 spiro atoms. The van der Waals surface area contributed by atoms with E-state index in [9.17, 15) is 14.4 Å². The van der Waals surface area contributed by atoms with E-state index in [2.05, 4.69) is 9.98 Å². The van der Waals surface area contributed by atoms with Crippen LogP contribution in [0.15, 0.2) is 58.4 Å². The first kappa shape index (κ1) is 28.3. The molecule has 0 N–H and O–H groups in total. The van der Waals surface area contributed by atoms with Crippen LogP contribution < -0.4 is 15.8 Å². The summed E-state index contributed by atoms with van der Waals surface area (Å²) >= 11 is 12.1. The number of hydrogen-bond acceptors (Lipinski definition) is 7. The number of methoxy groups -OCH3 is 1. The zero-order valence-electron chi connectivity index (χ0n) is 21.5. The third kappa shape index (κ3) is 6.13. The maximum atomic E-state index is 13.4. The van der Waals surface area contributed by atoms with Crippen molar-refractivity contribution in [2.75, 3.05) is 20.3 Å². The lowest BCUT2D eigenvalue weighted by Crippen LogP contribution is -2.35. The molecule has 12 heteroatoms. The Kier molecular flexibility index (Phi) is 9.01. The highest BCUT2D eigenvalue weighted by molar-refractivity contribution is 6.35. The fraction of sp³-hybridized carbons (Fsp3) is 0.296. The van der Waals surface area contributed by atoms with Crippen LogP contribution in [-0.4, -0.2) is 52.3 Å². The molecule has 1 aromatic carbocycles.